The summed E-state index contributed by atoms with van der Waals surface area (Å²) in [7, 11) is 1.37. The van der Waals surface area contributed by atoms with Crippen LogP contribution >= 0.6 is 22.9 Å². The van der Waals surface area contributed by atoms with Crippen molar-refractivity contribution in [3.63, 3.8) is 0 Å². The molecule has 0 bridgehead atoms. The first-order valence-corrected chi connectivity index (χ1v) is 13.5. The highest BCUT2D eigenvalue weighted by molar-refractivity contribution is 7.20. The maximum atomic E-state index is 12.7. The largest absolute Gasteiger partial charge is 0.489 e. The zero-order chi connectivity index (χ0) is 24.4. The van der Waals surface area contributed by atoms with Crippen LogP contribution in [-0.2, 0) is 16.1 Å². The van der Waals surface area contributed by atoms with Gasteiger partial charge in [0.15, 0.2) is 0 Å². The quantitative estimate of drug-likeness (QED) is 0.357. The molecule has 1 saturated carbocycles. The molecule has 35 heavy (non-hydrogen) atoms. The smallest absolute Gasteiger partial charge is 0.337 e. The molecule has 5 nitrogen and oxygen atoms in total. The van der Waals surface area contributed by atoms with Crippen molar-refractivity contribution in [1.29, 1.82) is 0 Å². The van der Waals surface area contributed by atoms with Crippen molar-refractivity contribution in [2.45, 2.75) is 51.0 Å². The Kier molecular flexibility index (Phi) is 7.30. The van der Waals surface area contributed by atoms with Crippen LogP contribution in [0.1, 0.15) is 65.2 Å². The van der Waals surface area contributed by atoms with E-state index in [9.17, 15) is 9.59 Å². The predicted octanol–water partition coefficient (Wildman–Crippen LogP) is 6.72. The van der Waals surface area contributed by atoms with Crippen molar-refractivity contribution < 1.29 is 19.1 Å². The van der Waals surface area contributed by atoms with Crippen molar-refractivity contribution >= 4 is 44.9 Å². The minimum absolute atomic E-state index is 0.00680. The molecule has 2 aromatic carbocycles. The van der Waals surface area contributed by atoms with Gasteiger partial charge in [-0.15, -0.1) is 11.3 Å². The third kappa shape index (κ3) is 5.05. The lowest BCUT2D eigenvalue weighted by molar-refractivity contribution is -0.123. The number of carbonyl (C=O) groups excluding carboxylic acids is 2. The molecule has 1 aliphatic heterocycles. The highest BCUT2D eigenvalue weighted by Gasteiger charge is 2.40. The number of ether oxygens (including phenoxy) is 2. The summed E-state index contributed by atoms with van der Waals surface area (Å²) in [5.41, 5.74) is 1.48. The summed E-state index contributed by atoms with van der Waals surface area (Å²) in [5, 5.41) is 4.87. The summed E-state index contributed by atoms with van der Waals surface area (Å²) in [5.74, 6) is 1.29. The van der Waals surface area contributed by atoms with Crippen molar-refractivity contribution in [3.05, 3.63) is 63.5 Å². The van der Waals surface area contributed by atoms with E-state index >= 15 is 0 Å². The molecule has 1 amide bonds. The fourth-order valence-corrected chi connectivity index (χ4v) is 7.41. The average molecular weight is 512 g/mol. The summed E-state index contributed by atoms with van der Waals surface area (Å²) in [6, 6.07) is 13.2. The van der Waals surface area contributed by atoms with E-state index in [1.165, 1.54) is 39.2 Å². The molecule has 2 atom stereocenters. The molecule has 1 saturated heterocycles. The number of amides is 1. The third-order valence-electron chi connectivity index (χ3n) is 7.39. The van der Waals surface area contributed by atoms with Crippen LogP contribution in [-0.4, -0.2) is 25.5 Å². The summed E-state index contributed by atoms with van der Waals surface area (Å²) >= 11 is 8.69. The van der Waals surface area contributed by atoms with Crippen LogP contribution in [0.15, 0.2) is 42.5 Å². The van der Waals surface area contributed by atoms with Crippen molar-refractivity contribution in [3.8, 4) is 5.75 Å². The fourth-order valence-electron chi connectivity index (χ4n) is 5.56. The van der Waals surface area contributed by atoms with Gasteiger partial charge < -0.3 is 14.8 Å². The van der Waals surface area contributed by atoms with Crippen LogP contribution in [0.4, 0.5) is 0 Å². The van der Waals surface area contributed by atoms with Gasteiger partial charge >= 0.3 is 5.97 Å². The monoisotopic (exact) mass is 511 g/mol. The molecular weight excluding hydrogens is 482 g/mol. The number of rotatable bonds is 7. The number of halogens is 1. The summed E-state index contributed by atoms with van der Waals surface area (Å²) in [6.07, 6.45) is 6.97. The second-order valence-corrected chi connectivity index (χ2v) is 11.0. The standard InChI is InChI=1S/C28H30ClNO4S/c1-33-28(32)19-9-7-17(8-10-19)16-34-20-11-12-21-23(15-20)35-26(25(21)29)24(18-5-3-2-4-6-18)22-13-14-30-27(22)31/h7-12,15,18,22,24H,2-6,13-14,16H2,1H3,(H,30,31). The Bertz CT molecular complexity index is 1220. The SMILES string of the molecule is COC(=O)c1ccc(COc2ccc3c(Cl)c(C(C4CCCCC4)C4CCNC4=O)sc3c2)cc1. The Labute approximate surface area is 214 Å². The summed E-state index contributed by atoms with van der Waals surface area (Å²) in [4.78, 5) is 25.5. The Morgan fingerprint density at radius 3 is 2.57 bits per heavy atom. The van der Waals surface area contributed by atoms with Gasteiger partial charge in [-0.1, -0.05) is 43.0 Å². The number of benzene rings is 2. The Balaban J connectivity index is 1.38. The topological polar surface area (TPSA) is 64.6 Å². The lowest BCUT2D eigenvalue weighted by Crippen LogP contribution is -2.29. The molecule has 2 heterocycles. The number of carbonyl (C=O) groups is 2. The third-order valence-corrected chi connectivity index (χ3v) is 9.16. The zero-order valence-electron chi connectivity index (χ0n) is 19.8. The second-order valence-electron chi connectivity index (χ2n) is 9.53. The van der Waals surface area contributed by atoms with E-state index in [4.69, 9.17) is 21.1 Å². The van der Waals surface area contributed by atoms with Gasteiger partial charge in [-0.3, -0.25) is 4.79 Å². The number of hydrogen-bond donors (Lipinski definition) is 1. The average Bonchev–Trinajstić information content (AvgIpc) is 3.46. The number of esters is 1. The molecule has 0 spiro atoms. The maximum Gasteiger partial charge on any atom is 0.337 e. The lowest BCUT2D eigenvalue weighted by Gasteiger charge is -2.33. The number of thiophene rings is 1. The second kappa shape index (κ2) is 10.6. The van der Waals surface area contributed by atoms with Crippen molar-refractivity contribution in [2.75, 3.05) is 13.7 Å². The normalized spacial score (nSPS) is 19.5. The Morgan fingerprint density at radius 2 is 1.89 bits per heavy atom. The molecule has 1 aliphatic carbocycles. The van der Waals surface area contributed by atoms with E-state index in [1.54, 1.807) is 23.5 Å². The first-order valence-electron chi connectivity index (χ1n) is 12.3. The molecule has 0 radical (unpaired) electrons. The number of methoxy groups -OCH3 is 1. The van der Waals surface area contributed by atoms with Crippen LogP contribution in [0.3, 0.4) is 0 Å². The first-order chi connectivity index (χ1) is 17.0. The number of hydrogen-bond acceptors (Lipinski definition) is 5. The molecular formula is C28H30ClNO4S. The summed E-state index contributed by atoms with van der Waals surface area (Å²) in [6.45, 7) is 1.15. The lowest BCUT2D eigenvalue weighted by atomic mass is 9.72. The van der Waals surface area contributed by atoms with Gasteiger partial charge in [0.1, 0.15) is 12.4 Å². The van der Waals surface area contributed by atoms with Gasteiger partial charge in [0.2, 0.25) is 5.91 Å². The van der Waals surface area contributed by atoms with E-state index in [0.29, 0.717) is 18.1 Å². The Morgan fingerprint density at radius 1 is 1.11 bits per heavy atom. The minimum Gasteiger partial charge on any atom is -0.489 e. The minimum atomic E-state index is -0.352. The molecule has 5 rings (SSSR count). The van der Waals surface area contributed by atoms with Gasteiger partial charge in [0.05, 0.1) is 17.7 Å². The van der Waals surface area contributed by atoms with Gasteiger partial charge in [-0.05, 0) is 61.1 Å². The molecule has 1 aromatic heterocycles. The molecule has 184 valence electrons. The van der Waals surface area contributed by atoms with Crippen molar-refractivity contribution in [2.24, 2.45) is 11.8 Å². The molecule has 1 N–H and O–H groups in total. The van der Waals surface area contributed by atoms with Crippen LogP contribution in [0.25, 0.3) is 10.1 Å². The van der Waals surface area contributed by atoms with Crippen LogP contribution in [0, 0.1) is 11.8 Å². The molecule has 3 aromatic rings. The highest BCUT2D eigenvalue weighted by atomic mass is 35.5. The zero-order valence-corrected chi connectivity index (χ0v) is 21.4. The van der Waals surface area contributed by atoms with Crippen molar-refractivity contribution in [1.82, 2.24) is 5.32 Å². The van der Waals surface area contributed by atoms with Crippen LogP contribution in [0.5, 0.6) is 5.75 Å². The van der Waals surface area contributed by atoms with Crippen LogP contribution in [0.2, 0.25) is 5.02 Å². The van der Waals surface area contributed by atoms with E-state index in [0.717, 1.165) is 44.3 Å². The van der Waals surface area contributed by atoms with E-state index < -0.39 is 0 Å². The van der Waals surface area contributed by atoms with E-state index in [-0.39, 0.29) is 23.7 Å². The highest BCUT2D eigenvalue weighted by Crippen LogP contribution is 2.50. The molecule has 7 heteroatoms. The van der Waals surface area contributed by atoms with Crippen LogP contribution < -0.4 is 10.1 Å². The fraction of sp³-hybridized carbons (Fsp3) is 0.429. The maximum absolute atomic E-state index is 12.7. The van der Waals surface area contributed by atoms with Gasteiger partial charge in [-0.25, -0.2) is 4.79 Å². The van der Waals surface area contributed by atoms with Gasteiger partial charge in [-0.2, -0.15) is 0 Å². The number of fused-ring (bicyclic) bond motifs is 1. The summed E-state index contributed by atoms with van der Waals surface area (Å²) < 4.78 is 11.9. The predicted molar refractivity (Wildman–Crippen MR) is 139 cm³/mol. The molecule has 2 fully saturated rings. The molecule has 2 aliphatic rings. The van der Waals surface area contributed by atoms with E-state index in [1.807, 2.05) is 30.3 Å². The Hall–Kier alpha value is -2.57. The van der Waals surface area contributed by atoms with Gasteiger partial charge in [0.25, 0.3) is 0 Å². The first kappa shape index (κ1) is 24.1. The molecule has 2 unspecified atom stereocenters. The van der Waals surface area contributed by atoms with Gasteiger partial charge in [0, 0.05) is 33.3 Å². The van der Waals surface area contributed by atoms with E-state index in [2.05, 4.69) is 5.32 Å². The number of nitrogens with one attached hydrogen (secondary N) is 1.